The Labute approximate surface area is 112 Å². The standard InChI is InChI=1S/C16H16NO2/c1-13(2)16(18)19-15-8-10-17(11-9-15)12-14-6-4-3-5-7-14/h3-11H,1,12H2,2H3/q+1. The Morgan fingerprint density at radius 2 is 1.79 bits per heavy atom. The zero-order valence-corrected chi connectivity index (χ0v) is 10.9. The van der Waals surface area contributed by atoms with Gasteiger partial charge < -0.3 is 4.74 Å². The molecule has 0 bridgehead atoms. The maximum Gasteiger partial charge on any atom is 0.338 e. The third-order valence-electron chi connectivity index (χ3n) is 2.63. The van der Waals surface area contributed by atoms with Gasteiger partial charge in [-0.2, -0.15) is 0 Å². The maximum atomic E-state index is 11.4. The van der Waals surface area contributed by atoms with Crippen LogP contribution in [0.4, 0.5) is 0 Å². The number of hydrogen-bond donors (Lipinski definition) is 0. The van der Waals surface area contributed by atoms with Gasteiger partial charge in [-0.3, -0.25) is 0 Å². The molecule has 0 saturated carbocycles. The van der Waals surface area contributed by atoms with E-state index in [-0.39, 0.29) is 0 Å². The van der Waals surface area contributed by atoms with Crippen LogP contribution in [0.3, 0.4) is 0 Å². The van der Waals surface area contributed by atoms with Gasteiger partial charge in [-0.25, -0.2) is 9.36 Å². The van der Waals surface area contributed by atoms with Crippen LogP contribution in [-0.4, -0.2) is 5.97 Å². The molecule has 0 radical (unpaired) electrons. The molecule has 0 N–H and O–H groups in total. The van der Waals surface area contributed by atoms with Gasteiger partial charge in [0.25, 0.3) is 0 Å². The van der Waals surface area contributed by atoms with E-state index in [4.69, 9.17) is 4.74 Å². The molecule has 0 saturated heterocycles. The largest absolute Gasteiger partial charge is 0.423 e. The van der Waals surface area contributed by atoms with Crippen molar-refractivity contribution in [1.82, 2.24) is 0 Å². The Morgan fingerprint density at radius 1 is 1.16 bits per heavy atom. The van der Waals surface area contributed by atoms with Gasteiger partial charge >= 0.3 is 5.97 Å². The Balaban J connectivity index is 2.03. The van der Waals surface area contributed by atoms with Crippen molar-refractivity contribution in [3.8, 4) is 5.75 Å². The van der Waals surface area contributed by atoms with E-state index in [1.54, 1.807) is 19.1 Å². The third-order valence-corrected chi connectivity index (χ3v) is 2.63. The lowest BCUT2D eigenvalue weighted by molar-refractivity contribution is -0.688. The minimum Gasteiger partial charge on any atom is -0.423 e. The number of rotatable bonds is 4. The quantitative estimate of drug-likeness (QED) is 0.477. The summed E-state index contributed by atoms with van der Waals surface area (Å²) in [7, 11) is 0. The predicted molar refractivity (Wildman–Crippen MR) is 72.6 cm³/mol. The van der Waals surface area contributed by atoms with Crippen LogP contribution in [0.25, 0.3) is 0 Å². The van der Waals surface area contributed by atoms with Crippen LogP contribution in [0, 0.1) is 0 Å². The molecule has 0 spiro atoms. The number of carbonyl (C=O) groups is 1. The predicted octanol–water partition coefficient (Wildman–Crippen LogP) is 2.50. The Morgan fingerprint density at radius 3 is 2.37 bits per heavy atom. The number of benzene rings is 1. The van der Waals surface area contributed by atoms with Gasteiger partial charge in [0.1, 0.15) is 5.75 Å². The van der Waals surface area contributed by atoms with Crippen LogP contribution in [-0.2, 0) is 11.3 Å². The van der Waals surface area contributed by atoms with Crippen LogP contribution in [0.5, 0.6) is 5.75 Å². The van der Waals surface area contributed by atoms with E-state index in [1.165, 1.54) is 5.56 Å². The molecule has 19 heavy (non-hydrogen) atoms. The molecule has 96 valence electrons. The SMILES string of the molecule is C=C(C)C(=O)Oc1cc[n+](Cc2ccccc2)cc1. The summed E-state index contributed by atoms with van der Waals surface area (Å²) in [6.45, 7) is 5.96. The van der Waals surface area contributed by atoms with Crippen molar-refractivity contribution >= 4 is 5.97 Å². The molecule has 0 fully saturated rings. The second kappa shape index (κ2) is 5.96. The molecule has 0 aliphatic carbocycles. The normalized spacial score (nSPS) is 9.95. The van der Waals surface area contributed by atoms with Gasteiger partial charge in [-0.15, -0.1) is 0 Å². The van der Waals surface area contributed by atoms with E-state index in [9.17, 15) is 4.79 Å². The van der Waals surface area contributed by atoms with E-state index in [2.05, 4.69) is 18.7 Å². The number of nitrogens with zero attached hydrogens (tertiary/aromatic N) is 1. The molecule has 1 heterocycles. The van der Waals surface area contributed by atoms with Crippen LogP contribution in [0.2, 0.25) is 0 Å². The molecule has 0 aliphatic rings. The summed E-state index contributed by atoms with van der Waals surface area (Å²) in [5, 5.41) is 0. The first-order valence-corrected chi connectivity index (χ1v) is 6.06. The van der Waals surface area contributed by atoms with Crippen LogP contribution >= 0.6 is 0 Å². The lowest BCUT2D eigenvalue weighted by Crippen LogP contribution is -2.33. The molecule has 3 nitrogen and oxygen atoms in total. The average Bonchev–Trinajstić information content (AvgIpc) is 2.42. The number of pyridine rings is 1. The summed E-state index contributed by atoms with van der Waals surface area (Å²) >= 11 is 0. The van der Waals surface area contributed by atoms with Gasteiger partial charge in [-0.05, 0) is 6.92 Å². The highest BCUT2D eigenvalue weighted by molar-refractivity contribution is 5.88. The summed E-state index contributed by atoms with van der Waals surface area (Å²) in [5.74, 6) is 0.123. The van der Waals surface area contributed by atoms with Gasteiger partial charge in [0.05, 0.1) is 0 Å². The summed E-state index contributed by atoms with van der Waals surface area (Å²) < 4.78 is 7.15. The summed E-state index contributed by atoms with van der Waals surface area (Å²) in [5.41, 5.74) is 1.61. The highest BCUT2D eigenvalue weighted by Crippen LogP contribution is 2.08. The Hall–Kier alpha value is -2.42. The third kappa shape index (κ3) is 3.78. The molecular formula is C16H16NO2+. The fourth-order valence-corrected chi connectivity index (χ4v) is 1.61. The minimum atomic E-state index is -0.402. The maximum absolute atomic E-state index is 11.4. The van der Waals surface area contributed by atoms with Crippen molar-refractivity contribution in [3.05, 3.63) is 72.6 Å². The number of carbonyl (C=O) groups excluding carboxylic acids is 1. The Kier molecular flexibility index (Phi) is 4.08. The average molecular weight is 254 g/mol. The zero-order valence-electron chi connectivity index (χ0n) is 10.9. The van der Waals surface area contributed by atoms with Gasteiger partial charge in [0.2, 0.25) is 0 Å². The summed E-state index contributed by atoms with van der Waals surface area (Å²) in [6.07, 6.45) is 3.77. The Bertz CT molecular complexity index is 573. The van der Waals surface area contributed by atoms with Crippen molar-refractivity contribution in [1.29, 1.82) is 0 Å². The van der Waals surface area contributed by atoms with Crippen LogP contribution in [0.1, 0.15) is 12.5 Å². The smallest absolute Gasteiger partial charge is 0.338 e. The monoisotopic (exact) mass is 254 g/mol. The molecule has 1 aromatic heterocycles. The van der Waals surface area contributed by atoms with Crippen LogP contribution in [0.15, 0.2) is 67.0 Å². The van der Waals surface area contributed by atoms with Crippen molar-refractivity contribution in [2.45, 2.75) is 13.5 Å². The molecule has 2 rings (SSSR count). The molecule has 0 atom stereocenters. The summed E-state index contributed by atoms with van der Waals surface area (Å²) in [4.78, 5) is 11.4. The van der Waals surface area contributed by atoms with E-state index in [0.717, 1.165) is 6.54 Å². The highest BCUT2D eigenvalue weighted by Gasteiger charge is 2.07. The first-order chi connectivity index (χ1) is 9.15. The minimum absolute atomic E-state index is 0.390. The van der Waals surface area contributed by atoms with E-state index < -0.39 is 5.97 Å². The summed E-state index contributed by atoms with van der Waals surface area (Å²) in [6, 6.07) is 13.7. The van der Waals surface area contributed by atoms with Gasteiger partial charge in [0, 0.05) is 23.3 Å². The molecule has 0 aliphatic heterocycles. The van der Waals surface area contributed by atoms with Crippen molar-refractivity contribution in [3.63, 3.8) is 0 Å². The number of esters is 1. The molecule has 0 unspecified atom stereocenters. The molecule has 0 amide bonds. The first-order valence-electron chi connectivity index (χ1n) is 6.06. The highest BCUT2D eigenvalue weighted by atomic mass is 16.5. The topological polar surface area (TPSA) is 30.2 Å². The second-order valence-corrected chi connectivity index (χ2v) is 4.36. The molecular weight excluding hydrogens is 238 g/mol. The zero-order chi connectivity index (χ0) is 13.7. The number of ether oxygens (including phenoxy) is 1. The van der Waals surface area contributed by atoms with Crippen LogP contribution < -0.4 is 9.30 Å². The number of aromatic nitrogens is 1. The van der Waals surface area contributed by atoms with Crippen molar-refractivity contribution in [2.75, 3.05) is 0 Å². The molecule has 2 aromatic rings. The first kappa shape index (κ1) is 13.0. The van der Waals surface area contributed by atoms with E-state index in [0.29, 0.717) is 11.3 Å². The van der Waals surface area contributed by atoms with Crippen molar-refractivity contribution < 1.29 is 14.1 Å². The lowest BCUT2D eigenvalue weighted by Gasteiger charge is -2.02. The number of hydrogen-bond acceptors (Lipinski definition) is 2. The van der Waals surface area contributed by atoms with E-state index in [1.807, 2.05) is 35.2 Å². The molecule has 3 heteroatoms. The molecule has 1 aromatic carbocycles. The van der Waals surface area contributed by atoms with Gasteiger partial charge in [0.15, 0.2) is 18.9 Å². The van der Waals surface area contributed by atoms with Gasteiger partial charge in [-0.1, -0.05) is 36.9 Å². The fourth-order valence-electron chi connectivity index (χ4n) is 1.61. The van der Waals surface area contributed by atoms with E-state index >= 15 is 0 Å². The van der Waals surface area contributed by atoms with Crippen molar-refractivity contribution in [2.24, 2.45) is 0 Å². The lowest BCUT2D eigenvalue weighted by atomic mass is 10.2. The second-order valence-electron chi connectivity index (χ2n) is 4.36. The fraction of sp³-hybridized carbons (Fsp3) is 0.125.